The molecule has 1 heterocycles. The molecule has 1 aliphatic heterocycles. The fourth-order valence-electron chi connectivity index (χ4n) is 2.12. The predicted molar refractivity (Wildman–Crippen MR) is 74.2 cm³/mol. The van der Waals surface area contributed by atoms with Crippen LogP contribution in [0.2, 0.25) is 5.02 Å². The Morgan fingerprint density at radius 2 is 2.06 bits per heavy atom. The molecule has 3 nitrogen and oxygen atoms in total. The molecule has 3 N–H and O–H groups in total. The molecule has 4 heteroatoms. The summed E-state index contributed by atoms with van der Waals surface area (Å²) >= 11 is 5.98. The van der Waals surface area contributed by atoms with Crippen molar-refractivity contribution in [3.05, 3.63) is 53.1 Å². The van der Waals surface area contributed by atoms with Gasteiger partial charge in [0.25, 0.3) is 0 Å². The first-order valence-corrected chi connectivity index (χ1v) is 6.15. The summed E-state index contributed by atoms with van der Waals surface area (Å²) in [7, 11) is 0. The third-order valence-electron chi connectivity index (χ3n) is 3.05. The molecule has 0 spiro atoms. The molecule has 1 unspecified atom stereocenters. The first-order valence-electron chi connectivity index (χ1n) is 5.77. The van der Waals surface area contributed by atoms with Crippen molar-refractivity contribution in [1.29, 1.82) is 0 Å². The van der Waals surface area contributed by atoms with Crippen molar-refractivity contribution in [3.8, 4) is 5.75 Å². The normalized spacial score (nSPS) is 17.1. The lowest BCUT2D eigenvalue weighted by atomic mass is 10.1. The van der Waals surface area contributed by atoms with Gasteiger partial charge in [-0.3, -0.25) is 0 Å². The zero-order valence-electron chi connectivity index (χ0n) is 9.69. The minimum atomic E-state index is 0.113. The lowest BCUT2D eigenvalue weighted by Gasteiger charge is -2.15. The molecule has 0 radical (unpaired) electrons. The number of halogens is 1. The number of hydrogen-bond donors (Lipinski definition) is 2. The maximum atomic E-state index is 5.98. The van der Waals surface area contributed by atoms with Gasteiger partial charge in [0.05, 0.1) is 17.4 Å². The Balaban J connectivity index is 1.88. The van der Waals surface area contributed by atoms with Gasteiger partial charge < -0.3 is 15.8 Å². The SMILES string of the molecule is Nc1ccc(Cl)cc1NC1COc2ccccc21. The monoisotopic (exact) mass is 260 g/mol. The van der Waals surface area contributed by atoms with Crippen LogP contribution in [-0.4, -0.2) is 6.61 Å². The highest BCUT2D eigenvalue weighted by Gasteiger charge is 2.23. The van der Waals surface area contributed by atoms with Gasteiger partial charge in [0.2, 0.25) is 0 Å². The highest BCUT2D eigenvalue weighted by atomic mass is 35.5. The van der Waals surface area contributed by atoms with E-state index in [-0.39, 0.29) is 6.04 Å². The maximum absolute atomic E-state index is 5.98. The Morgan fingerprint density at radius 3 is 2.94 bits per heavy atom. The number of benzene rings is 2. The minimum Gasteiger partial charge on any atom is -0.491 e. The van der Waals surface area contributed by atoms with Gasteiger partial charge in [0.1, 0.15) is 12.4 Å². The molecule has 0 saturated heterocycles. The third kappa shape index (κ3) is 1.97. The average molecular weight is 261 g/mol. The Hall–Kier alpha value is -1.87. The molecule has 2 aromatic rings. The van der Waals surface area contributed by atoms with Gasteiger partial charge in [-0.1, -0.05) is 29.8 Å². The smallest absolute Gasteiger partial charge is 0.124 e. The van der Waals surface area contributed by atoms with Crippen LogP contribution in [0.25, 0.3) is 0 Å². The summed E-state index contributed by atoms with van der Waals surface area (Å²) in [5.74, 6) is 0.926. The van der Waals surface area contributed by atoms with E-state index in [1.54, 1.807) is 12.1 Å². The molecule has 92 valence electrons. The van der Waals surface area contributed by atoms with E-state index in [1.165, 1.54) is 0 Å². The summed E-state index contributed by atoms with van der Waals surface area (Å²) in [6, 6.07) is 13.5. The van der Waals surface area contributed by atoms with Gasteiger partial charge >= 0.3 is 0 Å². The lowest BCUT2D eigenvalue weighted by Crippen LogP contribution is -2.13. The number of rotatable bonds is 2. The molecule has 1 atom stereocenters. The molecule has 0 bridgehead atoms. The van der Waals surface area contributed by atoms with E-state index in [4.69, 9.17) is 22.1 Å². The van der Waals surface area contributed by atoms with Crippen molar-refractivity contribution in [3.63, 3.8) is 0 Å². The third-order valence-corrected chi connectivity index (χ3v) is 3.28. The van der Waals surface area contributed by atoms with Crippen LogP contribution in [0.3, 0.4) is 0 Å². The van der Waals surface area contributed by atoms with E-state index in [2.05, 4.69) is 11.4 Å². The number of hydrogen-bond acceptors (Lipinski definition) is 3. The van der Waals surface area contributed by atoms with Crippen molar-refractivity contribution in [2.24, 2.45) is 0 Å². The molecular weight excluding hydrogens is 248 g/mol. The summed E-state index contributed by atoms with van der Waals surface area (Å²) < 4.78 is 5.62. The second kappa shape index (κ2) is 4.42. The predicted octanol–water partition coefficient (Wildman–Crippen LogP) is 3.47. The van der Waals surface area contributed by atoms with Gasteiger partial charge in [0.15, 0.2) is 0 Å². The Kier molecular flexibility index (Phi) is 2.76. The first-order chi connectivity index (χ1) is 8.74. The molecule has 0 saturated carbocycles. The highest BCUT2D eigenvalue weighted by molar-refractivity contribution is 6.31. The van der Waals surface area contributed by atoms with Gasteiger partial charge in [-0.05, 0) is 24.3 Å². The van der Waals surface area contributed by atoms with Crippen molar-refractivity contribution in [1.82, 2.24) is 0 Å². The van der Waals surface area contributed by atoms with E-state index >= 15 is 0 Å². The standard InChI is InChI=1S/C14H13ClN2O/c15-9-5-6-11(16)12(7-9)17-13-8-18-14-4-2-1-3-10(13)14/h1-7,13,17H,8,16H2. The summed E-state index contributed by atoms with van der Waals surface area (Å²) in [6.07, 6.45) is 0. The van der Waals surface area contributed by atoms with Crippen molar-refractivity contribution < 1.29 is 4.74 Å². The molecule has 1 aliphatic rings. The van der Waals surface area contributed by atoms with Crippen molar-refractivity contribution >= 4 is 23.0 Å². The van der Waals surface area contributed by atoms with Crippen molar-refractivity contribution in [2.75, 3.05) is 17.7 Å². The molecule has 18 heavy (non-hydrogen) atoms. The molecule has 0 amide bonds. The number of nitrogens with one attached hydrogen (secondary N) is 1. The maximum Gasteiger partial charge on any atom is 0.124 e. The molecule has 0 aromatic heterocycles. The quantitative estimate of drug-likeness (QED) is 0.813. The highest BCUT2D eigenvalue weighted by Crippen LogP contribution is 2.35. The average Bonchev–Trinajstić information content (AvgIpc) is 2.78. The molecule has 0 aliphatic carbocycles. The second-order valence-corrected chi connectivity index (χ2v) is 4.71. The molecule has 3 rings (SSSR count). The van der Waals surface area contributed by atoms with Crippen LogP contribution in [-0.2, 0) is 0 Å². The second-order valence-electron chi connectivity index (χ2n) is 4.28. The first kappa shape index (κ1) is 11.2. The molecular formula is C14H13ClN2O. The Bertz CT molecular complexity index is 586. The van der Waals surface area contributed by atoms with Crippen LogP contribution in [0, 0.1) is 0 Å². The van der Waals surface area contributed by atoms with E-state index in [0.29, 0.717) is 17.3 Å². The van der Waals surface area contributed by atoms with E-state index in [1.807, 2.05) is 24.3 Å². The van der Waals surface area contributed by atoms with Crippen LogP contribution in [0.4, 0.5) is 11.4 Å². The fourth-order valence-corrected chi connectivity index (χ4v) is 2.30. The summed E-state index contributed by atoms with van der Waals surface area (Å²) in [6.45, 7) is 0.602. The minimum absolute atomic E-state index is 0.113. The number of fused-ring (bicyclic) bond motifs is 1. The number of ether oxygens (including phenoxy) is 1. The number of anilines is 2. The summed E-state index contributed by atoms with van der Waals surface area (Å²) in [4.78, 5) is 0. The molecule has 0 fully saturated rings. The zero-order chi connectivity index (χ0) is 12.5. The van der Waals surface area contributed by atoms with E-state index in [0.717, 1.165) is 17.0 Å². The van der Waals surface area contributed by atoms with E-state index < -0.39 is 0 Å². The number of nitrogen functional groups attached to an aromatic ring is 1. The van der Waals surface area contributed by atoms with Crippen LogP contribution < -0.4 is 15.8 Å². The number of nitrogens with two attached hydrogens (primary N) is 1. The summed E-state index contributed by atoms with van der Waals surface area (Å²) in [5.41, 5.74) is 8.60. The molecule has 2 aromatic carbocycles. The van der Waals surface area contributed by atoms with Crippen LogP contribution in [0.1, 0.15) is 11.6 Å². The zero-order valence-corrected chi connectivity index (χ0v) is 10.4. The van der Waals surface area contributed by atoms with Crippen LogP contribution in [0.5, 0.6) is 5.75 Å². The van der Waals surface area contributed by atoms with Crippen molar-refractivity contribution in [2.45, 2.75) is 6.04 Å². The van der Waals surface area contributed by atoms with Gasteiger partial charge in [0, 0.05) is 10.6 Å². The van der Waals surface area contributed by atoms with Gasteiger partial charge in [-0.2, -0.15) is 0 Å². The van der Waals surface area contributed by atoms with Crippen LogP contribution in [0.15, 0.2) is 42.5 Å². The number of para-hydroxylation sites is 1. The van der Waals surface area contributed by atoms with Gasteiger partial charge in [-0.15, -0.1) is 0 Å². The van der Waals surface area contributed by atoms with E-state index in [9.17, 15) is 0 Å². The Morgan fingerprint density at radius 1 is 1.22 bits per heavy atom. The van der Waals surface area contributed by atoms with Gasteiger partial charge in [-0.25, -0.2) is 0 Å². The lowest BCUT2D eigenvalue weighted by molar-refractivity contribution is 0.340. The largest absolute Gasteiger partial charge is 0.491 e. The summed E-state index contributed by atoms with van der Waals surface area (Å²) in [5, 5.41) is 4.04. The fraction of sp³-hybridized carbons (Fsp3) is 0.143. The Labute approximate surface area is 111 Å². The van der Waals surface area contributed by atoms with Crippen LogP contribution >= 0.6 is 11.6 Å². The topological polar surface area (TPSA) is 47.3 Å².